The van der Waals surface area contributed by atoms with Crippen molar-refractivity contribution in [2.24, 2.45) is 0 Å². The van der Waals surface area contributed by atoms with E-state index in [1.807, 2.05) is 26.0 Å². The predicted octanol–water partition coefficient (Wildman–Crippen LogP) is 4.45. The van der Waals surface area contributed by atoms with Gasteiger partial charge in [0.05, 0.1) is 12.0 Å². The number of phenolic OH excluding ortho intramolecular Hbond substituents is 1. The molecule has 3 rings (SSSR count). The summed E-state index contributed by atoms with van der Waals surface area (Å²) in [5, 5.41) is 12.0. The second-order valence-corrected chi connectivity index (χ2v) is 5.89. The van der Waals surface area contributed by atoms with E-state index in [1.54, 1.807) is 6.07 Å². The van der Waals surface area contributed by atoms with Crippen LogP contribution in [0.25, 0.3) is 21.7 Å². The van der Waals surface area contributed by atoms with Gasteiger partial charge in [-0.25, -0.2) is 4.79 Å². The predicted molar refractivity (Wildman–Crippen MR) is 91.5 cm³/mol. The number of phenols is 1. The minimum absolute atomic E-state index is 0.122. The van der Waals surface area contributed by atoms with E-state index in [4.69, 9.17) is 9.15 Å². The van der Waals surface area contributed by atoms with Gasteiger partial charge in [0, 0.05) is 16.8 Å². The Morgan fingerprint density at radius 3 is 2.52 bits per heavy atom. The third kappa shape index (κ3) is 2.77. The summed E-state index contributed by atoms with van der Waals surface area (Å²) in [5.74, 6) is 0.837. The minimum Gasteiger partial charge on any atom is -0.508 e. The molecule has 4 heteroatoms. The van der Waals surface area contributed by atoms with Gasteiger partial charge in [0.25, 0.3) is 0 Å². The average molecular weight is 312 g/mol. The second kappa shape index (κ2) is 5.95. The molecule has 0 radical (unpaired) electrons. The number of aryl methyl sites for hydroxylation is 2. The molecule has 0 amide bonds. The van der Waals surface area contributed by atoms with Gasteiger partial charge in [0.2, 0.25) is 0 Å². The highest BCUT2D eigenvalue weighted by molar-refractivity contribution is 6.05. The molecule has 1 aromatic heterocycles. The topological polar surface area (TPSA) is 59.7 Å². The summed E-state index contributed by atoms with van der Waals surface area (Å²) < 4.78 is 11.1. The van der Waals surface area contributed by atoms with Crippen LogP contribution in [-0.2, 0) is 0 Å². The van der Waals surface area contributed by atoms with E-state index in [2.05, 4.69) is 6.92 Å². The zero-order valence-corrected chi connectivity index (χ0v) is 13.6. The van der Waals surface area contributed by atoms with Crippen molar-refractivity contribution >= 4 is 21.7 Å². The van der Waals surface area contributed by atoms with Crippen molar-refractivity contribution in [1.29, 1.82) is 0 Å². The molecule has 0 bridgehead atoms. The maximum Gasteiger partial charge on any atom is 0.344 e. The molecule has 3 aromatic rings. The van der Waals surface area contributed by atoms with Crippen molar-refractivity contribution in [1.82, 2.24) is 0 Å². The average Bonchev–Trinajstić information content (AvgIpc) is 2.51. The summed E-state index contributed by atoms with van der Waals surface area (Å²) in [5.41, 5.74) is 1.69. The fraction of sp³-hybridized carbons (Fsp3) is 0.316. The van der Waals surface area contributed by atoms with Crippen molar-refractivity contribution in [3.63, 3.8) is 0 Å². The summed E-state index contributed by atoms with van der Waals surface area (Å²) in [4.78, 5) is 12.3. The molecule has 120 valence electrons. The molecule has 0 spiro atoms. The molecular formula is C19H20O4. The lowest BCUT2D eigenvalue weighted by Gasteiger charge is -2.11. The fourth-order valence-electron chi connectivity index (χ4n) is 2.69. The molecule has 0 aliphatic heterocycles. The molecule has 0 atom stereocenters. The van der Waals surface area contributed by atoms with Gasteiger partial charge in [0.1, 0.15) is 17.1 Å². The van der Waals surface area contributed by atoms with Crippen LogP contribution in [0.3, 0.4) is 0 Å². The summed E-state index contributed by atoms with van der Waals surface area (Å²) in [6, 6.07) is 7.04. The first kappa shape index (κ1) is 15.4. The molecule has 4 nitrogen and oxygen atoms in total. The second-order valence-electron chi connectivity index (χ2n) is 5.89. The summed E-state index contributed by atoms with van der Waals surface area (Å²) in [6.45, 7) is 6.53. The molecule has 0 saturated heterocycles. The number of fused-ring (bicyclic) bond motifs is 3. The van der Waals surface area contributed by atoms with E-state index in [1.165, 1.54) is 6.07 Å². The van der Waals surface area contributed by atoms with Gasteiger partial charge in [-0.05, 0) is 49.6 Å². The molecule has 23 heavy (non-hydrogen) atoms. The van der Waals surface area contributed by atoms with Crippen molar-refractivity contribution < 1.29 is 14.3 Å². The SMILES string of the molecule is CCCCOc1cc2c(=O)oc3cc(O)c(C)cc3c2cc1C. The molecule has 0 unspecified atom stereocenters. The van der Waals surface area contributed by atoms with Crippen LogP contribution in [0.5, 0.6) is 11.5 Å². The zero-order chi connectivity index (χ0) is 16.6. The maximum atomic E-state index is 12.3. The Morgan fingerprint density at radius 1 is 1.04 bits per heavy atom. The smallest absolute Gasteiger partial charge is 0.344 e. The van der Waals surface area contributed by atoms with Crippen LogP contribution in [0, 0.1) is 13.8 Å². The van der Waals surface area contributed by atoms with Gasteiger partial charge in [-0.15, -0.1) is 0 Å². The highest BCUT2D eigenvalue weighted by Crippen LogP contribution is 2.32. The zero-order valence-electron chi connectivity index (χ0n) is 13.6. The third-order valence-electron chi connectivity index (χ3n) is 4.08. The van der Waals surface area contributed by atoms with Gasteiger partial charge in [-0.3, -0.25) is 0 Å². The van der Waals surface area contributed by atoms with Crippen molar-refractivity contribution in [3.05, 3.63) is 45.8 Å². The summed E-state index contributed by atoms with van der Waals surface area (Å²) in [6.07, 6.45) is 2.03. The standard InChI is InChI=1S/C19H20O4/c1-4-5-6-22-17-9-15-13(8-12(17)3)14-7-11(2)16(20)10-18(14)23-19(15)21/h7-10,20H,4-6H2,1-3H3. The van der Waals surface area contributed by atoms with Gasteiger partial charge in [-0.1, -0.05) is 13.3 Å². The summed E-state index contributed by atoms with van der Waals surface area (Å²) >= 11 is 0. The number of unbranched alkanes of at least 4 members (excludes halogenated alkanes) is 1. The monoisotopic (exact) mass is 312 g/mol. The van der Waals surface area contributed by atoms with E-state index >= 15 is 0 Å². The molecular weight excluding hydrogens is 292 g/mol. The Labute approximate surface area is 134 Å². The van der Waals surface area contributed by atoms with Crippen LogP contribution in [0.2, 0.25) is 0 Å². The molecule has 0 aliphatic carbocycles. The van der Waals surface area contributed by atoms with Crippen LogP contribution < -0.4 is 10.4 Å². The lowest BCUT2D eigenvalue weighted by atomic mass is 10.0. The lowest BCUT2D eigenvalue weighted by molar-refractivity contribution is 0.308. The van der Waals surface area contributed by atoms with Crippen LogP contribution in [0.15, 0.2) is 33.5 Å². The quantitative estimate of drug-likeness (QED) is 0.439. The first-order valence-corrected chi connectivity index (χ1v) is 7.85. The molecule has 0 aliphatic rings. The van der Waals surface area contributed by atoms with Crippen molar-refractivity contribution in [3.8, 4) is 11.5 Å². The molecule has 0 saturated carbocycles. The molecule has 0 fully saturated rings. The molecule has 1 N–H and O–H groups in total. The Balaban J connectivity index is 2.24. The maximum absolute atomic E-state index is 12.3. The van der Waals surface area contributed by atoms with Crippen LogP contribution in [0.1, 0.15) is 30.9 Å². The highest BCUT2D eigenvalue weighted by atomic mass is 16.5. The van der Waals surface area contributed by atoms with E-state index in [-0.39, 0.29) is 5.75 Å². The number of rotatable bonds is 4. The Kier molecular flexibility index (Phi) is 3.99. The van der Waals surface area contributed by atoms with Gasteiger partial charge in [-0.2, -0.15) is 0 Å². The number of ether oxygens (including phenoxy) is 1. The number of hydrogen-bond acceptors (Lipinski definition) is 4. The summed E-state index contributed by atoms with van der Waals surface area (Å²) in [7, 11) is 0. The number of benzene rings is 2. The van der Waals surface area contributed by atoms with Crippen molar-refractivity contribution in [2.45, 2.75) is 33.6 Å². The van der Waals surface area contributed by atoms with Crippen LogP contribution in [-0.4, -0.2) is 11.7 Å². The highest BCUT2D eigenvalue weighted by Gasteiger charge is 2.13. The van der Waals surface area contributed by atoms with Gasteiger partial charge in [0.15, 0.2) is 0 Å². The Bertz CT molecular complexity index is 938. The largest absolute Gasteiger partial charge is 0.508 e. The first-order valence-electron chi connectivity index (χ1n) is 7.85. The van der Waals surface area contributed by atoms with E-state index in [0.29, 0.717) is 23.3 Å². The number of aromatic hydroxyl groups is 1. The lowest BCUT2D eigenvalue weighted by Crippen LogP contribution is -2.03. The number of hydrogen-bond donors (Lipinski definition) is 1. The first-order chi connectivity index (χ1) is 11.0. The molecule has 1 heterocycles. The van der Waals surface area contributed by atoms with Gasteiger partial charge < -0.3 is 14.3 Å². The van der Waals surface area contributed by atoms with Crippen LogP contribution >= 0.6 is 0 Å². The van der Waals surface area contributed by atoms with E-state index < -0.39 is 5.63 Å². The molecule has 2 aromatic carbocycles. The fourth-order valence-corrected chi connectivity index (χ4v) is 2.69. The van der Waals surface area contributed by atoms with Crippen molar-refractivity contribution in [2.75, 3.05) is 6.61 Å². The van der Waals surface area contributed by atoms with E-state index in [9.17, 15) is 9.90 Å². The van der Waals surface area contributed by atoms with E-state index in [0.717, 1.165) is 34.7 Å². The Hall–Kier alpha value is -2.49. The normalized spacial score (nSPS) is 11.3. The van der Waals surface area contributed by atoms with Gasteiger partial charge >= 0.3 is 5.63 Å². The third-order valence-corrected chi connectivity index (χ3v) is 4.08. The minimum atomic E-state index is -0.420. The van der Waals surface area contributed by atoms with Crippen LogP contribution in [0.4, 0.5) is 0 Å². The Morgan fingerprint density at radius 2 is 1.78 bits per heavy atom.